The molecule has 0 amide bonds. The molecule has 0 unspecified atom stereocenters. The van der Waals surface area contributed by atoms with E-state index in [0.29, 0.717) is 17.1 Å². The molecule has 7 nitrogen and oxygen atoms in total. The van der Waals surface area contributed by atoms with Crippen LogP contribution >= 0.6 is 11.6 Å². The van der Waals surface area contributed by atoms with Crippen LogP contribution in [-0.4, -0.2) is 28.6 Å². The molecule has 1 N–H and O–H groups in total. The number of sulfonamides is 1. The molecule has 124 valence electrons. The van der Waals surface area contributed by atoms with Crippen molar-refractivity contribution in [1.82, 2.24) is 20.2 Å². The standard InChI is InChI=1S/C14H11ClFN5O2S/c1-21-14(17-19-20-21)9-3-2-4-11(7-9)18-24(22,23)13-6-5-10(16)8-12(13)15/h2-8,18H,1H3. The van der Waals surface area contributed by atoms with Gasteiger partial charge in [0.25, 0.3) is 10.0 Å². The number of nitrogens with one attached hydrogen (secondary N) is 1. The zero-order chi connectivity index (χ0) is 17.3. The van der Waals surface area contributed by atoms with Gasteiger partial charge in [-0.15, -0.1) is 5.10 Å². The fraction of sp³-hybridized carbons (Fsp3) is 0.0714. The largest absolute Gasteiger partial charge is 0.280 e. The molecule has 0 aliphatic heterocycles. The van der Waals surface area contributed by atoms with Crippen LogP contribution in [0.15, 0.2) is 47.4 Å². The second-order valence-corrected chi connectivity index (χ2v) is 6.95. The van der Waals surface area contributed by atoms with Crippen molar-refractivity contribution >= 4 is 27.3 Å². The van der Waals surface area contributed by atoms with E-state index in [1.165, 1.54) is 4.68 Å². The first-order chi connectivity index (χ1) is 11.4. The van der Waals surface area contributed by atoms with Gasteiger partial charge in [-0.2, -0.15) is 0 Å². The molecule has 3 aromatic rings. The van der Waals surface area contributed by atoms with E-state index in [-0.39, 0.29) is 9.92 Å². The summed E-state index contributed by atoms with van der Waals surface area (Å²) in [6.07, 6.45) is 0. The first-order valence-corrected chi connectivity index (χ1v) is 8.53. The summed E-state index contributed by atoms with van der Waals surface area (Å²) in [7, 11) is -2.29. The van der Waals surface area contributed by atoms with Crippen LogP contribution in [0.2, 0.25) is 5.02 Å². The Kier molecular flexibility index (Phi) is 4.20. The summed E-state index contributed by atoms with van der Waals surface area (Å²) in [5.74, 6) is -0.133. The molecular formula is C14H11ClFN5O2S. The molecule has 0 saturated carbocycles. The molecular weight excluding hydrogens is 357 g/mol. The van der Waals surface area contributed by atoms with E-state index in [1.807, 2.05) is 0 Å². The second kappa shape index (κ2) is 6.17. The van der Waals surface area contributed by atoms with Crippen molar-refractivity contribution in [3.63, 3.8) is 0 Å². The minimum atomic E-state index is -3.96. The van der Waals surface area contributed by atoms with Crippen LogP contribution in [0, 0.1) is 5.82 Å². The van der Waals surface area contributed by atoms with Crippen LogP contribution in [0.5, 0.6) is 0 Å². The van der Waals surface area contributed by atoms with Crippen molar-refractivity contribution in [3.05, 3.63) is 53.3 Å². The van der Waals surface area contributed by atoms with Gasteiger partial charge in [-0.05, 0) is 40.8 Å². The van der Waals surface area contributed by atoms with Crippen LogP contribution in [0.25, 0.3) is 11.4 Å². The number of hydrogen-bond donors (Lipinski definition) is 1. The van der Waals surface area contributed by atoms with Crippen molar-refractivity contribution in [3.8, 4) is 11.4 Å². The lowest BCUT2D eigenvalue weighted by atomic mass is 10.2. The normalized spacial score (nSPS) is 11.5. The maximum atomic E-state index is 13.1. The van der Waals surface area contributed by atoms with Crippen LogP contribution in [0.1, 0.15) is 0 Å². The predicted molar refractivity (Wildman–Crippen MR) is 86.5 cm³/mol. The molecule has 1 aromatic heterocycles. The Bertz CT molecular complexity index is 1010. The number of tetrazole rings is 1. The Morgan fingerprint density at radius 1 is 1.21 bits per heavy atom. The Balaban J connectivity index is 1.95. The minimum Gasteiger partial charge on any atom is -0.280 e. The van der Waals surface area contributed by atoms with Gasteiger partial charge in [-0.25, -0.2) is 17.5 Å². The Labute approximate surface area is 142 Å². The summed E-state index contributed by atoms with van der Waals surface area (Å²) in [4.78, 5) is -0.212. The molecule has 0 aliphatic carbocycles. The third-order valence-electron chi connectivity index (χ3n) is 3.18. The highest BCUT2D eigenvalue weighted by Crippen LogP contribution is 2.26. The van der Waals surface area contributed by atoms with Gasteiger partial charge in [-0.1, -0.05) is 23.7 Å². The van der Waals surface area contributed by atoms with Crippen molar-refractivity contribution in [2.24, 2.45) is 7.05 Å². The topological polar surface area (TPSA) is 89.8 Å². The van der Waals surface area contributed by atoms with E-state index in [9.17, 15) is 12.8 Å². The molecule has 24 heavy (non-hydrogen) atoms. The zero-order valence-electron chi connectivity index (χ0n) is 12.3. The monoisotopic (exact) mass is 367 g/mol. The average molecular weight is 368 g/mol. The lowest BCUT2D eigenvalue weighted by Crippen LogP contribution is -2.13. The smallest absolute Gasteiger partial charge is 0.263 e. The highest BCUT2D eigenvalue weighted by atomic mass is 35.5. The first-order valence-electron chi connectivity index (χ1n) is 6.67. The molecule has 0 fully saturated rings. The summed E-state index contributed by atoms with van der Waals surface area (Å²) in [6, 6.07) is 9.64. The molecule has 0 radical (unpaired) electrons. The van der Waals surface area contributed by atoms with Gasteiger partial charge in [0.15, 0.2) is 5.82 Å². The maximum Gasteiger partial charge on any atom is 0.263 e. The Hall–Kier alpha value is -2.52. The Morgan fingerprint density at radius 3 is 2.67 bits per heavy atom. The summed E-state index contributed by atoms with van der Waals surface area (Å²) in [6.45, 7) is 0. The second-order valence-electron chi connectivity index (χ2n) is 4.89. The lowest BCUT2D eigenvalue weighted by molar-refractivity contribution is 0.600. The van der Waals surface area contributed by atoms with Gasteiger partial charge >= 0.3 is 0 Å². The number of halogens is 2. The van der Waals surface area contributed by atoms with Crippen molar-refractivity contribution in [2.45, 2.75) is 4.90 Å². The first kappa shape index (κ1) is 16.3. The summed E-state index contributed by atoms with van der Waals surface area (Å²) >= 11 is 5.82. The van der Waals surface area contributed by atoms with Crippen molar-refractivity contribution < 1.29 is 12.8 Å². The highest BCUT2D eigenvalue weighted by Gasteiger charge is 2.19. The number of anilines is 1. The van der Waals surface area contributed by atoms with Crippen molar-refractivity contribution in [1.29, 1.82) is 0 Å². The van der Waals surface area contributed by atoms with Gasteiger partial charge < -0.3 is 0 Å². The van der Waals surface area contributed by atoms with Crippen LogP contribution < -0.4 is 4.72 Å². The number of aromatic nitrogens is 4. The van der Waals surface area contributed by atoms with Gasteiger partial charge in [0, 0.05) is 18.3 Å². The molecule has 0 saturated heterocycles. The molecule has 0 aliphatic rings. The van der Waals surface area contributed by atoms with Crippen molar-refractivity contribution in [2.75, 3.05) is 4.72 Å². The van der Waals surface area contributed by atoms with Gasteiger partial charge in [-0.3, -0.25) is 4.72 Å². The molecule has 0 spiro atoms. The third-order valence-corrected chi connectivity index (χ3v) is 5.04. The van der Waals surface area contributed by atoms with E-state index in [4.69, 9.17) is 11.6 Å². The fourth-order valence-corrected chi connectivity index (χ4v) is 3.68. The molecule has 3 rings (SSSR count). The van der Waals surface area contributed by atoms with E-state index in [0.717, 1.165) is 18.2 Å². The number of aryl methyl sites for hydroxylation is 1. The van der Waals surface area contributed by atoms with E-state index < -0.39 is 15.8 Å². The van der Waals surface area contributed by atoms with Crippen LogP contribution in [0.3, 0.4) is 0 Å². The third kappa shape index (κ3) is 3.22. The number of hydrogen-bond acceptors (Lipinski definition) is 5. The quantitative estimate of drug-likeness (QED) is 0.765. The van der Waals surface area contributed by atoms with Gasteiger partial charge in [0.2, 0.25) is 0 Å². The number of rotatable bonds is 4. The van der Waals surface area contributed by atoms with E-state index >= 15 is 0 Å². The molecule has 0 atom stereocenters. The van der Waals surface area contributed by atoms with E-state index in [1.54, 1.807) is 31.3 Å². The summed E-state index contributed by atoms with van der Waals surface area (Å²) < 4.78 is 41.8. The average Bonchev–Trinajstić information content (AvgIpc) is 2.92. The zero-order valence-corrected chi connectivity index (χ0v) is 13.9. The molecule has 1 heterocycles. The highest BCUT2D eigenvalue weighted by molar-refractivity contribution is 7.92. The fourth-order valence-electron chi connectivity index (χ4n) is 2.10. The molecule has 0 bridgehead atoms. The van der Waals surface area contributed by atoms with Gasteiger partial charge in [0.1, 0.15) is 10.7 Å². The SMILES string of the molecule is Cn1nnnc1-c1cccc(NS(=O)(=O)c2ccc(F)cc2Cl)c1. The molecule has 2 aromatic carbocycles. The Morgan fingerprint density at radius 2 is 2.00 bits per heavy atom. The predicted octanol–water partition coefficient (Wildman–Crippen LogP) is 2.47. The van der Waals surface area contributed by atoms with Gasteiger partial charge in [0.05, 0.1) is 5.02 Å². The minimum absolute atomic E-state index is 0.198. The molecule has 10 heteroatoms. The van der Waals surface area contributed by atoms with Crippen LogP contribution in [0.4, 0.5) is 10.1 Å². The maximum absolute atomic E-state index is 13.1. The van der Waals surface area contributed by atoms with E-state index in [2.05, 4.69) is 20.2 Å². The number of benzene rings is 2. The summed E-state index contributed by atoms with van der Waals surface area (Å²) in [5, 5.41) is 10.9. The van der Waals surface area contributed by atoms with Crippen LogP contribution in [-0.2, 0) is 17.1 Å². The summed E-state index contributed by atoms with van der Waals surface area (Å²) in [5.41, 5.74) is 0.934. The lowest BCUT2D eigenvalue weighted by Gasteiger charge is -2.10. The number of nitrogens with zero attached hydrogens (tertiary/aromatic N) is 4.